The number of carbonyl (C=O) groups excluding carboxylic acids is 4. The molecule has 12 heteroatoms. The summed E-state index contributed by atoms with van der Waals surface area (Å²) in [6, 6.07) is 33.5. The highest BCUT2D eigenvalue weighted by molar-refractivity contribution is 5.98. The summed E-state index contributed by atoms with van der Waals surface area (Å²) < 4.78 is 34.3. The van der Waals surface area contributed by atoms with E-state index in [-0.39, 0.29) is 11.5 Å². The van der Waals surface area contributed by atoms with Gasteiger partial charge in [0.25, 0.3) is 0 Å². The normalized spacial score (nSPS) is 15.1. The van der Waals surface area contributed by atoms with Gasteiger partial charge in [0.05, 0.1) is 11.1 Å². The number of hydrogen-bond acceptors (Lipinski definition) is 12. The first-order chi connectivity index (χ1) is 27.0. The number of hydrogen-bond donors (Lipinski definition) is 2. The fraction of sp³-hybridized carbons (Fsp3) is 0.0909. The smallest absolute Gasteiger partial charge is 0.340 e. The van der Waals surface area contributed by atoms with Crippen LogP contribution in [0.15, 0.2) is 121 Å². The standard InChI is InChI=1S/C24H16O7.C20H12O5/c1-13(25)28-15-7-9-19-21(11-15)30-22-12-16(29-14(2)26)8-10-20(22)24(19)18-6-4-3-5-17(18)23(27)31-24;21-11-5-7-15-17(9-11)24-18-10-12(22)6-8-16(18)20(15)14-4-2-1-3-13(14)19(23)25-20/h3-12H,1-2H3;1-10,21-22H. The van der Waals surface area contributed by atoms with Gasteiger partial charge >= 0.3 is 23.9 Å². The third-order valence-corrected chi connectivity index (χ3v) is 9.86. The van der Waals surface area contributed by atoms with Crippen LogP contribution in [0.25, 0.3) is 0 Å². The Morgan fingerprint density at radius 2 is 0.839 bits per heavy atom. The molecular weight excluding hydrogens is 720 g/mol. The summed E-state index contributed by atoms with van der Waals surface area (Å²) in [7, 11) is 0. The molecule has 0 aliphatic carbocycles. The molecule has 0 radical (unpaired) electrons. The van der Waals surface area contributed by atoms with Gasteiger partial charge in [0.1, 0.15) is 46.0 Å². The van der Waals surface area contributed by atoms with Gasteiger partial charge < -0.3 is 38.6 Å². The van der Waals surface area contributed by atoms with E-state index in [1.54, 1.807) is 72.8 Å². The molecule has 0 saturated carbocycles. The average molecular weight is 749 g/mol. The van der Waals surface area contributed by atoms with Gasteiger partial charge in [0.2, 0.25) is 0 Å². The SMILES string of the molecule is CC(=O)Oc1ccc2c(c1)Oc1cc(OC(C)=O)ccc1C21OC(=O)c2ccccc21.O=C1OC2(c3ccc(O)cc3Oc3cc(O)ccc32)c2ccccc21. The van der Waals surface area contributed by atoms with E-state index in [1.165, 1.54) is 38.1 Å². The average Bonchev–Trinajstić information content (AvgIpc) is 3.62. The van der Waals surface area contributed by atoms with E-state index in [0.717, 1.165) is 0 Å². The van der Waals surface area contributed by atoms with Crippen LogP contribution in [-0.2, 0) is 30.3 Å². The van der Waals surface area contributed by atoms with Crippen molar-refractivity contribution in [3.05, 3.63) is 166 Å². The topological polar surface area (TPSA) is 164 Å². The van der Waals surface area contributed by atoms with Crippen LogP contribution in [0, 0.1) is 0 Å². The summed E-state index contributed by atoms with van der Waals surface area (Å²) in [6.07, 6.45) is 0. The molecule has 2 N–H and O–H groups in total. The lowest BCUT2D eigenvalue weighted by molar-refractivity contribution is -0.132. The molecule has 6 aromatic rings. The molecule has 0 unspecified atom stereocenters. The fourth-order valence-corrected chi connectivity index (χ4v) is 7.75. The second kappa shape index (κ2) is 12.5. The number of fused-ring (bicyclic) bond motifs is 12. The van der Waals surface area contributed by atoms with E-state index in [4.69, 9.17) is 28.4 Å². The van der Waals surface area contributed by atoms with E-state index in [1.807, 2.05) is 24.3 Å². The molecule has 4 heterocycles. The van der Waals surface area contributed by atoms with Crippen LogP contribution < -0.4 is 18.9 Å². The number of rotatable bonds is 2. The number of phenols is 2. The van der Waals surface area contributed by atoms with Gasteiger partial charge in [0, 0.05) is 71.5 Å². The Kier molecular flexibility index (Phi) is 7.62. The number of benzene rings is 6. The Labute approximate surface area is 318 Å². The number of ether oxygens (including phenoxy) is 6. The zero-order valence-corrected chi connectivity index (χ0v) is 29.5. The van der Waals surface area contributed by atoms with Gasteiger partial charge in [0.15, 0.2) is 11.2 Å². The van der Waals surface area contributed by atoms with Crippen molar-refractivity contribution in [3.63, 3.8) is 0 Å². The first kappa shape index (κ1) is 34.2. The van der Waals surface area contributed by atoms with Gasteiger partial charge in [-0.15, -0.1) is 0 Å². The Morgan fingerprint density at radius 1 is 0.482 bits per heavy atom. The summed E-state index contributed by atoms with van der Waals surface area (Å²) in [5, 5.41) is 19.7. The van der Waals surface area contributed by atoms with Crippen LogP contribution in [0.2, 0.25) is 0 Å². The van der Waals surface area contributed by atoms with Crippen molar-refractivity contribution < 1.29 is 57.8 Å². The second-order valence-corrected chi connectivity index (χ2v) is 13.3. The highest BCUT2D eigenvalue weighted by Gasteiger charge is 2.55. The second-order valence-electron chi connectivity index (χ2n) is 13.3. The maximum absolute atomic E-state index is 12.8. The van der Waals surface area contributed by atoms with Crippen LogP contribution in [0.1, 0.15) is 67.9 Å². The third-order valence-electron chi connectivity index (χ3n) is 9.86. The molecule has 276 valence electrons. The van der Waals surface area contributed by atoms with Crippen LogP contribution in [0.4, 0.5) is 0 Å². The number of aromatic hydroxyl groups is 2. The number of esters is 4. The number of carbonyl (C=O) groups is 4. The van der Waals surface area contributed by atoms with Crippen LogP contribution >= 0.6 is 0 Å². The lowest BCUT2D eigenvalue weighted by Crippen LogP contribution is -2.33. The van der Waals surface area contributed by atoms with Gasteiger partial charge in [-0.3, -0.25) is 9.59 Å². The molecule has 4 aliphatic heterocycles. The van der Waals surface area contributed by atoms with E-state index in [9.17, 15) is 29.4 Å². The predicted octanol–water partition coefficient (Wildman–Crippen LogP) is 7.77. The van der Waals surface area contributed by atoms with Crippen molar-refractivity contribution >= 4 is 23.9 Å². The molecule has 10 rings (SSSR count). The van der Waals surface area contributed by atoms with Crippen molar-refractivity contribution in [2.75, 3.05) is 0 Å². The van der Waals surface area contributed by atoms with Crippen LogP contribution in [-0.4, -0.2) is 34.1 Å². The Morgan fingerprint density at radius 3 is 1.23 bits per heavy atom. The molecule has 2 spiro atoms. The minimum Gasteiger partial charge on any atom is -0.508 e. The minimum atomic E-state index is -1.25. The summed E-state index contributed by atoms with van der Waals surface area (Å²) in [5.41, 5.74) is 2.34. The van der Waals surface area contributed by atoms with Crippen molar-refractivity contribution in [2.24, 2.45) is 0 Å². The zero-order chi connectivity index (χ0) is 38.9. The van der Waals surface area contributed by atoms with E-state index >= 15 is 0 Å². The maximum atomic E-state index is 12.8. The summed E-state index contributed by atoms with van der Waals surface area (Å²) >= 11 is 0. The highest BCUT2D eigenvalue weighted by atomic mass is 16.6. The lowest BCUT2D eigenvalue weighted by atomic mass is 9.77. The van der Waals surface area contributed by atoms with Crippen molar-refractivity contribution in [1.82, 2.24) is 0 Å². The zero-order valence-electron chi connectivity index (χ0n) is 29.5. The monoisotopic (exact) mass is 748 g/mol. The summed E-state index contributed by atoms with van der Waals surface area (Å²) in [4.78, 5) is 48.1. The minimum absolute atomic E-state index is 0.0371. The van der Waals surface area contributed by atoms with Crippen LogP contribution in [0.5, 0.6) is 46.0 Å². The van der Waals surface area contributed by atoms with Gasteiger partial charge in [-0.05, 0) is 60.7 Å². The maximum Gasteiger partial charge on any atom is 0.340 e. The molecule has 0 fully saturated rings. The van der Waals surface area contributed by atoms with Crippen molar-refractivity contribution in [2.45, 2.75) is 25.0 Å². The molecular formula is C44H28O12. The third kappa shape index (κ3) is 5.14. The Hall–Kier alpha value is -7.60. The predicted molar refractivity (Wildman–Crippen MR) is 195 cm³/mol. The first-order valence-electron chi connectivity index (χ1n) is 17.3. The molecule has 0 saturated heterocycles. The van der Waals surface area contributed by atoms with E-state index in [0.29, 0.717) is 79.0 Å². The number of phenolic OH excluding ortho intramolecular Hbond substituents is 2. The van der Waals surface area contributed by atoms with Crippen LogP contribution in [0.3, 0.4) is 0 Å². The van der Waals surface area contributed by atoms with Crippen molar-refractivity contribution in [1.29, 1.82) is 0 Å². The van der Waals surface area contributed by atoms with E-state index in [2.05, 4.69) is 0 Å². The van der Waals surface area contributed by atoms with Gasteiger partial charge in [-0.2, -0.15) is 0 Å². The molecule has 6 aromatic carbocycles. The molecule has 0 bridgehead atoms. The van der Waals surface area contributed by atoms with Gasteiger partial charge in [-0.25, -0.2) is 9.59 Å². The fourth-order valence-electron chi connectivity index (χ4n) is 7.75. The first-order valence-corrected chi connectivity index (χ1v) is 17.3. The molecule has 56 heavy (non-hydrogen) atoms. The molecule has 0 atom stereocenters. The quantitative estimate of drug-likeness (QED) is 0.131. The molecule has 0 aromatic heterocycles. The summed E-state index contributed by atoms with van der Waals surface area (Å²) in [6.45, 7) is 2.61. The highest BCUT2D eigenvalue weighted by Crippen LogP contribution is 2.58. The Balaban J connectivity index is 0.000000149. The molecule has 0 amide bonds. The molecule has 4 aliphatic rings. The lowest BCUT2D eigenvalue weighted by Gasteiger charge is -2.36. The van der Waals surface area contributed by atoms with E-state index < -0.39 is 35.1 Å². The Bertz CT molecular complexity index is 2580. The molecule has 12 nitrogen and oxygen atoms in total. The van der Waals surface area contributed by atoms with Gasteiger partial charge in [-0.1, -0.05) is 36.4 Å². The largest absolute Gasteiger partial charge is 0.508 e. The van der Waals surface area contributed by atoms with Crippen molar-refractivity contribution in [3.8, 4) is 46.0 Å². The summed E-state index contributed by atoms with van der Waals surface area (Å²) in [5.74, 6) is 0.304.